The summed E-state index contributed by atoms with van der Waals surface area (Å²) in [7, 11) is -4.28. The van der Waals surface area contributed by atoms with Gasteiger partial charge in [0.1, 0.15) is 5.75 Å². The summed E-state index contributed by atoms with van der Waals surface area (Å²) in [6, 6.07) is 9.69. The van der Waals surface area contributed by atoms with Crippen molar-refractivity contribution in [2.45, 2.75) is 4.90 Å². The van der Waals surface area contributed by atoms with Crippen LogP contribution in [0.25, 0.3) is 0 Å². The highest BCUT2D eigenvalue weighted by molar-refractivity contribution is 7.85. The number of rotatable bonds is 3. The number of hydrogen-bond donors (Lipinski definition) is 3. The van der Waals surface area contributed by atoms with E-state index in [0.717, 1.165) is 0 Å². The van der Waals surface area contributed by atoms with E-state index in [1.807, 2.05) is 0 Å². The molecular formula is C12H11N3O4S. The fraction of sp³-hybridized carbons (Fsp3) is 0. The maximum Gasteiger partial charge on any atom is 0.294 e. The first-order valence-corrected chi connectivity index (χ1v) is 6.88. The minimum Gasteiger partial charge on any atom is -0.506 e. The normalized spacial score (nSPS) is 11.8. The first kappa shape index (κ1) is 14.0. The number of nitrogen functional groups attached to an aromatic ring is 1. The Hall–Kier alpha value is -2.45. The first-order valence-electron chi connectivity index (χ1n) is 5.44. The lowest BCUT2D eigenvalue weighted by Gasteiger charge is -1.99. The molecule has 20 heavy (non-hydrogen) atoms. The van der Waals surface area contributed by atoms with Crippen LogP contribution in [0, 0.1) is 0 Å². The third-order valence-electron chi connectivity index (χ3n) is 2.41. The van der Waals surface area contributed by atoms with E-state index in [1.165, 1.54) is 42.5 Å². The molecule has 0 saturated heterocycles. The largest absolute Gasteiger partial charge is 0.506 e. The van der Waals surface area contributed by atoms with Crippen molar-refractivity contribution in [3.63, 3.8) is 0 Å². The zero-order chi connectivity index (χ0) is 14.8. The molecule has 7 nitrogen and oxygen atoms in total. The average molecular weight is 293 g/mol. The quantitative estimate of drug-likeness (QED) is 0.347. The lowest BCUT2D eigenvalue weighted by atomic mass is 10.2. The molecule has 0 aliphatic rings. The Morgan fingerprint density at radius 1 is 1.00 bits per heavy atom. The lowest BCUT2D eigenvalue weighted by Crippen LogP contribution is -1.96. The highest BCUT2D eigenvalue weighted by atomic mass is 32.2. The van der Waals surface area contributed by atoms with Crippen molar-refractivity contribution in [1.29, 1.82) is 0 Å². The highest BCUT2D eigenvalue weighted by Crippen LogP contribution is 2.27. The fourth-order valence-corrected chi connectivity index (χ4v) is 1.95. The van der Waals surface area contributed by atoms with Crippen LogP contribution in [0.15, 0.2) is 57.6 Å². The topological polar surface area (TPSA) is 125 Å². The molecule has 4 N–H and O–H groups in total. The van der Waals surface area contributed by atoms with Crippen molar-refractivity contribution >= 4 is 27.2 Å². The molecule has 8 heteroatoms. The molecule has 0 heterocycles. The third-order valence-corrected chi connectivity index (χ3v) is 3.26. The maximum atomic E-state index is 11.0. The second kappa shape index (κ2) is 5.27. The molecule has 0 bridgehead atoms. The number of azo groups is 1. The van der Waals surface area contributed by atoms with E-state index in [1.54, 1.807) is 0 Å². The Balaban J connectivity index is 2.30. The van der Waals surface area contributed by atoms with Crippen molar-refractivity contribution < 1.29 is 18.1 Å². The molecule has 0 aliphatic carbocycles. The number of hydrogen-bond acceptors (Lipinski definition) is 6. The smallest absolute Gasteiger partial charge is 0.294 e. The number of phenols is 1. The molecule has 104 valence electrons. The average Bonchev–Trinajstić information content (AvgIpc) is 2.39. The van der Waals surface area contributed by atoms with Crippen molar-refractivity contribution in [2.75, 3.05) is 5.73 Å². The van der Waals surface area contributed by atoms with Gasteiger partial charge in [0.05, 0.1) is 22.0 Å². The minimum absolute atomic E-state index is 0.0580. The van der Waals surface area contributed by atoms with Gasteiger partial charge in [-0.3, -0.25) is 4.55 Å². The Kier molecular flexibility index (Phi) is 3.68. The van der Waals surface area contributed by atoms with E-state index in [2.05, 4.69) is 10.2 Å². The van der Waals surface area contributed by atoms with Gasteiger partial charge in [-0.05, 0) is 36.4 Å². The maximum absolute atomic E-state index is 11.0. The molecule has 0 aromatic heterocycles. The zero-order valence-electron chi connectivity index (χ0n) is 10.1. The van der Waals surface area contributed by atoms with Gasteiger partial charge in [0.15, 0.2) is 0 Å². The number of anilines is 1. The van der Waals surface area contributed by atoms with Gasteiger partial charge in [-0.1, -0.05) is 6.07 Å². The van der Waals surface area contributed by atoms with Crippen LogP contribution in [0.5, 0.6) is 5.75 Å². The second-order valence-electron chi connectivity index (χ2n) is 3.92. The van der Waals surface area contributed by atoms with E-state index >= 15 is 0 Å². The van der Waals surface area contributed by atoms with Crippen molar-refractivity contribution in [3.05, 3.63) is 42.5 Å². The molecule has 0 atom stereocenters. The summed E-state index contributed by atoms with van der Waals surface area (Å²) in [4.78, 5) is -0.265. The van der Waals surface area contributed by atoms with Gasteiger partial charge in [0.25, 0.3) is 10.1 Å². The third kappa shape index (κ3) is 3.31. The Morgan fingerprint density at radius 3 is 2.25 bits per heavy atom. The van der Waals surface area contributed by atoms with Crippen molar-refractivity contribution in [3.8, 4) is 5.75 Å². The predicted octanol–water partition coefficient (Wildman–Crippen LogP) is 2.64. The predicted molar refractivity (Wildman–Crippen MR) is 73.0 cm³/mol. The zero-order valence-corrected chi connectivity index (χ0v) is 10.9. The van der Waals surface area contributed by atoms with Crippen LogP contribution in [0.4, 0.5) is 17.1 Å². The van der Waals surface area contributed by atoms with E-state index in [0.29, 0.717) is 5.69 Å². The van der Waals surface area contributed by atoms with Crippen molar-refractivity contribution in [2.24, 2.45) is 10.2 Å². The summed E-state index contributed by atoms with van der Waals surface area (Å²) < 4.78 is 30.9. The van der Waals surface area contributed by atoms with Crippen LogP contribution >= 0.6 is 0 Å². The number of benzene rings is 2. The molecule has 0 amide bonds. The van der Waals surface area contributed by atoms with Crippen LogP contribution in [0.1, 0.15) is 0 Å². The lowest BCUT2D eigenvalue weighted by molar-refractivity contribution is 0.478. The van der Waals surface area contributed by atoms with Gasteiger partial charge in [0, 0.05) is 0 Å². The molecule has 0 radical (unpaired) electrons. The SMILES string of the molecule is Nc1cc(N=Nc2cccc(S(=O)(=O)O)c2)ccc1O. The van der Waals surface area contributed by atoms with Crippen LogP contribution < -0.4 is 5.73 Å². The molecule has 0 spiro atoms. The number of aromatic hydroxyl groups is 1. The molecule has 0 fully saturated rings. The van der Waals surface area contributed by atoms with Crippen LogP contribution in [-0.2, 0) is 10.1 Å². The minimum atomic E-state index is -4.28. The summed E-state index contributed by atoms with van der Waals surface area (Å²) in [6.07, 6.45) is 0. The van der Waals surface area contributed by atoms with Gasteiger partial charge >= 0.3 is 0 Å². The second-order valence-corrected chi connectivity index (χ2v) is 5.34. The molecule has 0 aliphatic heterocycles. The van der Waals surface area contributed by atoms with E-state index < -0.39 is 10.1 Å². The number of nitrogens with zero attached hydrogens (tertiary/aromatic N) is 2. The van der Waals surface area contributed by atoms with Crippen LogP contribution in [0.2, 0.25) is 0 Å². The van der Waals surface area contributed by atoms with Gasteiger partial charge in [-0.15, -0.1) is 0 Å². The molecule has 0 unspecified atom stereocenters. The van der Waals surface area contributed by atoms with Crippen molar-refractivity contribution in [1.82, 2.24) is 0 Å². The molecule has 2 aromatic carbocycles. The molecule has 2 aromatic rings. The van der Waals surface area contributed by atoms with Gasteiger partial charge in [-0.2, -0.15) is 18.6 Å². The van der Waals surface area contributed by atoms with Gasteiger partial charge in [0.2, 0.25) is 0 Å². The van der Waals surface area contributed by atoms with Crippen LogP contribution in [-0.4, -0.2) is 18.1 Å². The highest BCUT2D eigenvalue weighted by Gasteiger charge is 2.09. The standard InChI is InChI=1S/C12H11N3O4S/c13-11-7-9(4-5-12(11)16)15-14-8-2-1-3-10(6-8)20(17,18)19/h1-7,16H,13H2,(H,17,18,19). The Labute approximate surface area is 115 Å². The monoisotopic (exact) mass is 293 g/mol. The number of phenolic OH excluding ortho intramolecular Hbond substituents is 1. The first-order chi connectivity index (χ1) is 9.36. The summed E-state index contributed by atoms with van der Waals surface area (Å²) >= 11 is 0. The summed E-state index contributed by atoms with van der Waals surface area (Å²) in [5.41, 5.74) is 6.32. The molecule has 2 rings (SSSR count). The van der Waals surface area contributed by atoms with E-state index in [-0.39, 0.29) is 22.0 Å². The molecule has 0 saturated carbocycles. The van der Waals surface area contributed by atoms with E-state index in [9.17, 15) is 13.5 Å². The number of nitrogens with two attached hydrogens (primary N) is 1. The van der Waals surface area contributed by atoms with Gasteiger partial charge < -0.3 is 10.8 Å². The summed E-state index contributed by atoms with van der Waals surface area (Å²) in [5.74, 6) is -0.0580. The van der Waals surface area contributed by atoms with Gasteiger partial charge in [-0.25, -0.2) is 0 Å². The Bertz CT molecular complexity index is 772. The summed E-state index contributed by atoms with van der Waals surface area (Å²) in [6.45, 7) is 0. The van der Waals surface area contributed by atoms with E-state index in [4.69, 9.17) is 10.3 Å². The van der Waals surface area contributed by atoms with Crippen LogP contribution in [0.3, 0.4) is 0 Å². The molecular weight excluding hydrogens is 282 g/mol. The summed E-state index contributed by atoms with van der Waals surface area (Å²) in [5, 5.41) is 17.0. The Morgan fingerprint density at radius 2 is 1.65 bits per heavy atom. The fourth-order valence-electron chi connectivity index (χ4n) is 1.43.